The standard InChI is InChI=1S/C18H17N3OS2/c1-12-8-9-15(10-13(12)2)16(22)19-17-20-21-18(24-17)23-11-14-6-4-3-5-7-14/h3-10H,11H2,1-2H3,(H,19,20,22). The summed E-state index contributed by atoms with van der Waals surface area (Å²) < 4.78 is 0.842. The normalized spacial score (nSPS) is 10.6. The molecule has 0 saturated carbocycles. The zero-order chi connectivity index (χ0) is 16.9. The first-order chi connectivity index (χ1) is 11.6. The van der Waals surface area contributed by atoms with E-state index in [0.717, 1.165) is 15.7 Å². The number of rotatable bonds is 5. The summed E-state index contributed by atoms with van der Waals surface area (Å²) in [6.07, 6.45) is 0. The van der Waals surface area contributed by atoms with Gasteiger partial charge in [0, 0.05) is 11.3 Å². The van der Waals surface area contributed by atoms with Crippen LogP contribution in [0.3, 0.4) is 0 Å². The fraction of sp³-hybridized carbons (Fsp3) is 0.167. The summed E-state index contributed by atoms with van der Waals surface area (Å²) in [4.78, 5) is 12.3. The molecule has 0 aliphatic rings. The van der Waals surface area contributed by atoms with Crippen LogP contribution >= 0.6 is 23.1 Å². The molecule has 24 heavy (non-hydrogen) atoms. The quantitative estimate of drug-likeness (QED) is 0.532. The van der Waals surface area contributed by atoms with Crippen LogP contribution in [0.2, 0.25) is 0 Å². The maximum atomic E-state index is 12.3. The third kappa shape index (κ3) is 4.21. The Morgan fingerprint density at radius 1 is 1.08 bits per heavy atom. The predicted octanol–water partition coefficient (Wildman–Crippen LogP) is 4.70. The molecule has 4 nitrogen and oxygen atoms in total. The average molecular weight is 355 g/mol. The Balaban J connectivity index is 1.61. The minimum Gasteiger partial charge on any atom is -0.296 e. The van der Waals surface area contributed by atoms with Crippen LogP contribution in [-0.2, 0) is 5.75 Å². The molecule has 1 amide bonds. The number of hydrogen-bond acceptors (Lipinski definition) is 5. The lowest BCUT2D eigenvalue weighted by atomic mass is 10.1. The summed E-state index contributed by atoms with van der Waals surface area (Å²) in [6, 6.07) is 15.9. The summed E-state index contributed by atoms with van der Waals surface area (Å²) in [7, 11) is 0. The molecule has 3 rings (SSSR count). The van der Waals surface area contributed by atoms with Crippen LogP contribution in [0.5, 0.6) is 0 Å². The van der Waals surface area contributed by atoms with E-state index in [9.17, 15) is 4.79 Å². The van der Waals surface area contributed by atoms with Gasteiger partial charge in [-0.1, -0.05) is 59.5 Å². The highest BCUT2D eigenvalue weighted by molar-refractivity contribution is 8.00. The monoisotopic (exact) mass is 355 g/mol. The first-order valence-corrected chi connectivity index (χ1v) is 9.31. The van der Waals surface area contributed by atoms with Gasteiger partial charge < -0.3 is 0 Å². The van der Waals surface area contributed by atoms with Crippen LogP contribution < -0.4 is 5.32 Å². The fourth-order valence-electron chi connectivity index (χ4n) is 2.09. The van der Waals surface area contributed by atoms with E-state index >= 15 is 0 Å². The molecule has 6 heteroatoms. The number of amides is 1. The Hall–Kier alpha value is -2.18. The van der Waals surface area contributed by atoms with Gasteiger partial charge in [-0.25, -0.2) is 0 Å². The maximum absolute atomic E-state index is 12.3. The number of nitrogens with zero attached hydrogens (tertiary/aromatic N) is 2. The zero-order valence-corrected chi connectivity index (χ0v) is 15.1. The highest BCUT2D eigenvalue weighted by Crippen LogP contribution is 2.28. The van der Waals surface area contributed by atoms with Gasteiger partial charge in [0.25, 0.3) is 5.91 Å². The van der Waals surface area contributed by atoms with Crippen molar-refractivity contribution in [2.75, 3.05) is 5.32 Å². The number of benzene rings is 2. The molecule has 0 radical (unpaired) electrons. The Labute approximate surface area is 149 Å². The molecule has 122 valence electrons. The Morgan fingerprint density at radius 3 is 2.62 bits per heavy atom. The largest absolute Gasteiger partial charge is 0.296 e. The number of carbonyl (C=O) groups is 1. The number of carbonyl (C=O) groups excluding carboxylic acids is 1. The van der Waals surface area contributed by atoms with Crippen LogP contribution in [0.1, 0.15) is 27.0 Å². The van der Waals surface area contributed by atoms with Crippen LogP contribution in [0.4, 0.5) is 5.13 Å². The fourth-order valence-corrected chi connectivity index (χ4v) is 3.79. The third-order valence-corrected chi connectivity index (χ3v) is 5.64. The van der Waals surface area contributed by atoms with E-state index in [1.165, 1.54) is 22.5 Å². The molecule has 3 aromatic rings. The number of hydrogen-bond donors (Lipinski definition) is 1. The SMILES string of the molecule is Cc1ccc(C(=O)Nc2nnc(SCc3ccccc3)s2)cc1C. The molecule has 1 heterocycles. The van der Waals surface area contributed by atoms with Crippen LogP contribution in [-0.4, -0.2) is 16.1 Å². The molecule has 0 aliphatic heterocycles. The van der Waals surface area contributed by atoms with E-state index < -0.39 is 0 Å². The molecular weight excluding hydrogens is 338 g/mol. The van der Waals surface area contributed by atoms with Gasteiger partial charge in [0.2, 0.25) is 5.13 Å². The van der Waals surface area contributed by atoms with Crippen molar-refractivity contribution < 1.29 is 4.79 Å². The van der Waals surface area contributed by atoms with E-state index in [1.807, 2.05) is 50.2 Å². The van der Waals surface area contributed by atoms with E-state index in [0.29, 0.717) is 10.7 Å². The van der Waals surface area contributed by atoms with Crippen molar-refractivity contribution in [2.45, 2.75) is 23.9 Å². The molecule has 0 spiro atoms. The van der Waals surface area contributed by atoms with Gasteiger partial charge in [0.15, 0.2) is 4.34 Å². The van der Waals surface area contributed by atoms with Crippen molar-refractivity contribution in [3.63, 3.8) is 0 Å². The van der Waals surface area contributed by atoms with E-state index in [-0.39, 0.29) is 5.91 Å². The lowest BCUT2D eigenvalue weighted by Crippen LogP contribution is -2.12. The highest BCUT2D eigenvalue weighted by Gasteiger charge is 2.11. The van der Waals surface area contributed by atoms with Crippen molar-refractivity contribution in [3.05, 3.63) is 70.8 Å². The van der Waals surface area contributed by atoms with Gasteiger partial charge in [-0.3, -0.25) is 10.1 Å². The third-order valence-electron chi connectivity index (χ3n) is 3.60. The summed E-state index contributed by atoms with van der Waals surface area (Å²) in [5.74, 6) is 0.675. The number of thioether (sulfide) groups is 1. The second-order valence-corrected chi connectivity index (χ2v) is 7.60. The Bertz CT molecular complexity index is 846. The van der Waals surface area contributed by atoms with Gasteiger partial charge in [-0.05, 0) is 42.7 Å². The van der Waals surface area contributed by atoms with Crippen molar-refractivity contribution >= 4 is 34.1 Å². The second kappa shape index (κ2) is 7.59. The molecule has 0 aliphatic carbocycles. The van der Waals surface area contributed by atoms with Crippen molar-refractivity contribution in [1.82, 2.24) is 10.2 Å². The van der Waals surface area contributed by atoms with Gasteiger partial charge >= 0.3 is 0 Å². The lowest BCUT2D eigenvalue weighted by Gasteiger charge is -2.04. The summed E-state index contributed by atoms with van der Waals surface area (Å²) >= 11 is 3.01. The topological polar surface area (TPSA) is 54.9 Å². The van der Waals surface area contributed by atoms with Gasteiger partial charge in [0.05, 0.1) is 0 Å². The summed E-state index contributed by atoms with van der Waals surface area (Å²) in [5, 5.41) is 11.5. The minimum absolute atomic E-state index is 0.158. The molecule has 1 aromatic heterocycles. The summed E-state index contributed by atoms with van der Waals surface area (Å²) in [6.45, 7) is 4.02. The average Bonchev–Trinajstić information content (AvgIpc) is 3.04. The molecule has 0 bridgehead atoms. The molecule has 0 fully saturated rings. The number of nitrogens with one attached hydrogen (secondary N) is 1. The van der Waals surface area contributed by atoms with Crippen molar-refractivity contribution in [1.29, 1.82) is 0 Å². The van der Waals surface area contributed by atoms with E-state index in [4.69, 9.17) is 0 Å². The smallest absolute Gasteiger partial charge is 0.257 e. The van der Waals surface area contributed by atoms with Crippen LogP contribution in [0.15, 0.2) is 52.9 Å². The molecule has 1 N–H and O–H groups in total. The van der Waals surface area contributed by atoms with Gasteiger partial charge in [0.1, 0.15) is 0 Å². The second-order valence-electron chi connectivity index (χ2n) is 5.40. The predicted molar refractivity (Wildman–Crippen MR) is 99.8 cm³/mol. The summed E-state index contributed by atoms with van der Waals surface area (Å²) in [5.41, 5.74) is 4.13. The molecule has 0 atom stereocenters. The Kier molecular flexibility index (Phi) is 5.27. The van der Waals surface area contributed by atoms with Crippen LogP contribution in [0, 0.1) is 13.8 Å². The van der Waals surface area contributed by atoms with Crippen molar-refractivity contribution in [2.24, 2.45) is 0 Å². The zero-order valence-electron chi connectivity index (χ0n) is 13.4. The van der Waals surface area contributed by atoms with Gasteiger partial charge in [-0.15, -0.1) is 10.2 Å². The highest BCUT2D eigenvalue weighted by atomic mass is 32.2. The van der Waals surface area contributed by atoms with Crippen molar-refractivity contribution in [3.8, 4) is 0 Å². The van der Waals surface area contributed by atoms with Gasteiger partial charge in [-0.2, -0.15) is 0 Å². The van der Waals surface area contributed by atoms with E-state index in [1.54, 1.807) is 11.8 Å². The minimum atomic E-state index is -0.158. The van der Waals surface area contributed by atoms with E-state index in [2.05, 4.69) is 27.6 Å². The number of aromatic nitrogens is 2. The number of anilines is 1. The van der Waals surface area contributed by atoms with Crippen LogP contribution in [0.25, 0.3) is 0 Å². The first-order valence-electron chi connectivity index (χ1n) is 7.50. The first kappa shape index (κ1) is 16.7. The molecule has 0 unspecified atom stereocenters. The molecule has 0 saturated heterocycles. The molecule has 2 aromatic carbocycles. The molecular formula is C18H17N3OS2. The lowest BCUT2D eigenvalue weighted by molar-refractivity contribution is 0.102. The maximum Gasteiger partial charge on any atom is 0.257 e. The Morgan fingerprint density at radius 2 is 1.88 bits per heavy atom. The number of aryl methyl sites for hydroxylation is 2.